The van der Waals surface area contributed by atoms with Crippen molar-refractivity contribution in [2.75, 3.05) is 11.9 Å². The van der Waals surface area contributed by atoms with Crippen molar-refractivity contribution in [3.63, 3.8) is 0 Å². The number of para-hydroxylation sites is 2. The zero-order chi connectivity index (χ0) is 11.7. The van der Waals surface area contributed by atoms with E-state index in [4.69, 9.17) is 0 Å². The smallest absolute Gasteiger partial charge is 0.203 e. The zero-order valence-corrected chi connectivity index (χ0v) is 9.59. The van der Waals surface area contributed by atoms with Crippen molar-refractivity contribution in [2.45, 2.75) is 13.3 Å². The van der Waals surface area contributed by atoms with Crippen LogP contribution in [0.25, 0.3) is 16.7 Å². The summed E-state index contributed by atoms with van der Waals surface area (Å²) < 4.78 is 1.96. The Balaban J connectivity index is 2.28. The Bertz CT molecular complexity index is 658. The van der Waals surface area contributed by atoms with Crippen LogP contribution in [0.3, 0.4) is 0 Å². The van der Waals surface area contributed by atoms with E-state index < -0.39 is 0 Å². The number of aromatic nitrogens is 4. The van der Waals surface area contributed by atoms with Gasteiger partial charge in [0.1, 0.15) is 6.33 Å². The van der Waals surface area contributed by atoms with Gasteiger partial charge in [-0.2, -0.15) is 0 Å². The van der Waals surface area contributed by atoms with Crippen LogP contribution >= 0.6 is 0 Å². The second kappa shape index (κ2) is 4.01. The monoisotopic (exact) mass is 227 g/mol. The normalized spacial score (nSPS) is 11.1. The van der Waals surface area contributed by atoms with Crippen LogP contribution < -0.4 is 5.32 Å². The fourth-order valence-corrected chi connectivity index (χ4v) is 1.87. The molecule has 3 aromatic rings. The maximum atomic E-state index is 4.58. The number of fused-ring (bicyclic) bond motifs is 3. The molecule has 0 saturated carbocycles. The first-order chi connectivity index (χ1) is 8.40. The molecule has 0 aliphatic carbocycles. The van der Waals surface area contributed by atoms with E-state index in [0.717, 1.165) is 35.5 Å². The maximum absolute atomic E-state index is 4.58. The summed E-state index contributed by atoms with van der Waals surface area (Å²) >= 11 is 0. The van der Waals surface area contributed by atoms with Crippen molar-refractivity contribution >= 4 is 22.5 Å². The Labute approximate surface area is 98.5 Å². The van der Waals surface area contributed by atoms with Gasteiger partial charge >= 0.3 is 0 Å². The van der Waals surface area contributed by atoms with Crippen LogP contribution in [0.15, 0.2) is 30.6 Å². The standard InChI is InChI=1S/C12H13N5/c1-2-7-13-11-12-16-14-8-17(12)10-6-4-3-5-9(10)15-11/h3-6,8H,2,7H2,1H3,(H,13,15). The van der Waals surface area contributed by atoms with Crippen LogP contribution in [-0.2, 0) is 0 Å². The molecule has 0 aliphatic rings. The molecule has 0 bridgehead atoms. The van der Waals surface area contributed by atoms with Crippen LogP contribution in [0.1, 0.15) is 13.3 Å². The van der Waals surface area contributed by atoms with Gasteiger partial charge in [0, 0.05) is 6.54 Å². The molecule has 0 amide bonds. The molecule has 0 unspecified atom stereocenters. The number of nitrogens with one attached hydrogen (secondary N) is 1. The summed E-state index contributed by atoms with van der Waals surface area (Å²) in [5.74, 6) is 0.794. The fourth-order valence-electron chi connectivity index (χ4n) is 1.87. The molecular weight excluding hydrogens is 214 g/mol. The molecule has 2 aromatic heterocycles. The molecule has 0 spiro atoms. The highest BCUT2D eigenvalue weighted by molar-refractivity contribution is 5.82. The molecule has 1 N–H and O–H groups in total. The number of anilines is 1. The maximum Gasteiger partial charge on any atom is 0.203 e. The Morgan fingerprint density at radius 3 is 3.06 bits per heavy atom. The third-order valence-electron chi connectivity index (χ3n) is 2.68. The van der Waals surface area contributed by atoms with Gasteiger partial charge in [-0.25, -0.2) is 4.98 Å². The van der Waals surface area contributed by atoms with Crippen LogP contribution in [0.2, 0.25) is 0 Å². The number of nitrogens with zero attached hydrogens (tertiary/aromatic N) is 4. The molecule has 2 heterocycles. The minimum absolute atomic E-state index is 0.775. The molecule has 0 atom stereocenters. The molecule has 0 aliphatic heterocycles. The lowest BCUT2D eigenvalue weighted by Crippen LogP contribution is -2.05. The van der Waals surface area contributed by atoms with E-state index in [1.54, 1.807) is 6.33 Å². The first kappa shape index (κ1) is 10.0. The molecule has 5 nitrogen and oxygen atoms in total. The van der Waals surface area contributed by atoms with E-state index in [1.807, 2.05) is 28.7 Å². The third-order valence-corrected chi connectivity index (χ3v) is 2.68. The number of hydrogen-bond acceptors (Lipinski definition) is 4. The summed E-state index contributed by atoms with van der Waals surface area (Å²) in [5, 5.41) is 11.3. The lowest BCUT2D eigenvalue weighted by atomic mass is 10.3. The lowest BCUT2D eigenvalue weighted by Gasteiger charge is -2.07. The van der Waals surface area contributed by atoms with Gasteiger partial charge in [0.15, 0.2) is 5.82 Å². The van der Waals surface area contributed by atoms with Crippen LogP contribution in [-0.4, -0.2) is 26.1 Å². The molecule has 5 heteroatoms. The molecule has 0 saturated heterocycles. The van der Waals surface area contributed by atoms with Gasteiger partial charge in [-0.05, 0) is 18.6 Å². The number of rotatable bonds is 3. The molecule has 1 aromatic carbocycles. The van der Waals surface area contributed by atoms with Crippen molar-refractivity contribution in [3.8, 4) is 0 Å². The third kappa shape index (κ3) is 1.60. The van der Waals surface area contributed by atoms with Crippen molar-refractivity contribution in [3.05, 3.63) is 30.6 Å². The topological polar surface area (TPSA) is 55.1 Å². The van der Waals surface area contributed by atoms with Gasteiger partial charge in [-0.15, -0.1) is 10.2 Å². The Kier molecular flexibility index (Phi) is 2.36. The summed E-state index contributed by atoms with van der Waals surface area (Å²) in [6.07, 6.45) is 2.77. The van der Waals surface area contributed by atoms with E-state index in [2.05, 4.69) is 27.4 Å². The predicted octanol–water partition coefficient (Wildman–Crippen LogP) is 2.10. The summed E-state index contributed by atoms with van der Waals surface area (Å²) in [5.41, 5.74) is 2.74. The van der Waals surface area contributed by atoms with E-state index in [1.165, 1.54) is 0 Å². The summed E-state index contributed by atoms with van der Waals surface area (Å²) in [7, 11) is 0. The Hall–Kier alpha value is -2.17. The average Bonchev–Trinajstić information content (AvgIpc) is 2.85. The van der Waals surface area contributed by atoms with Crippen molar-refractivity contribution in [1.82, 2.24) is 19.6 Å². The molecule has 86 valence electrons. The molecule has 3 rings (SSSR count). The number of benzene rings is 1. The van der Waals surface area contributed by atoms with E-state index >= 15 is 0 Å². The van der Waals surface area contributed by atoms with Crippen LogP contribution in [0.5, 0.6) is 0 Å². The minimum atomic E-state index is 0.775. The van der Waals surface area contributed by atoms with E-state index in [9.17, 15) is 0 Å². The van der Waals surface area contributed by atoms with Crippen molar-refractivity contribution in [1.29, 1.82) is 0 Å². The van der Waals surface area contributed by atoms with E-state index in [0.29, 0.717) is 0 Å². The highest BCUT2D eigenvalue weighted by Crippen LogP contribution is 2.19. The number of hydrogen-bond donors (Lipinski definition) is 1. The molecule has 17 heavy (non-hydrogen) atoms. The summed E-state index contributed by atoms with van der Waals surface area (Å²) in [4.78, 5) is 4.58. The van der Waals surface area contributed by atoms with E-state index in [-0.39, 0.29) is 0 Å². The summed E-state index contributed by atoms with van der Waals surface area (Å²) in [6, 6.07) is 7.98. The lowest BCUT2D eigenvalue weighted by molar-refractivity contribution is 0.969. The van der Waals surface area contributed by atoms with Gasteiger partial charge in [-0.1, -0.05) is 19.1 Å². The minimum Gasteiger partial charge on any atom is -0.367 e. The summed E-state index contributed by atoms with van der Waals surface area (Å²) in [6.45, 7) is 3.00. The van der Waals surface area contributed by atoms with Gasteiger partial charge in [-0.3, -0.25) is 4.40 Å². The second-order valence-corrected chi connectivity index (χ2v) is 3.90. The van der Waals surface area contributed by atoms with Crippen LogP contribution in [0.4, 0.5) is 5.82 Å². The second-order valence-electron chi connectivity index (χ2n) is 3.90. The van der Waals surface area contributed by atoms with Gasteiger partial charge in [0.05, 0.1) is 11.0 Å². The SMILES string of the molecule is CCCNc1nc2ccccc2n2cnnc12. The van der Waals surface area contributed by atoms with Gasteiger partial charge in [0.2, 0.25) is 5.65 Å². The molecular formula is C12H13N5. The first-order valence-electron chi connectivity index (χ1n) is 5.72. The van der Waals surface area contributed by atoms with Gasteiger partial charge < -0.3 is 5.32 Å². The van der Waals surface area contributed by atoms with Crippen molar-refractivity contribution < 1.29 is 0 Å². The zero-order valence-electron chi connectivity index (χ0n) is 9.59. The Morgan fingerprint density at radius 2 is 2.18 bits per heavy atom. The van der Waals surface area contributed by atoms with Crippen LogP contribution in [0, 0.1) is 0 Å². The Morgan fingerprint density at radius 1 is 1.29 bits per heavy atom. The first-order valence-corrected chi connectivity index (χ1v) is 5.72. The highest BCUT2D eigenvalue weighted by atomic mass is 15.3. The predicted molar refractivity (Wildman–Crippen MR) is 67.1 cm³/mol. The van der Waals surface area contributed by atoms with Gasteiger partial charge in [0.25, 0.3) is 0 Å². The fraction of sp³-hybridized carbons (Fsp3) is 0.250. The molecule has 0 fully saturated rings. The molecule has 0 radical (unpaired) electrons. The highest BCUT2D eigenvalue weighted by Gasteiger charge is 2.08. The quantitative estimate of drug-likeness (QED) is 0.744. The largest absolute Gasteiger partial charge is 0.367 e. The van der Waals surface area contributed by atoms with Crippen molar-refractivity contribution in [2.24, 2.45) is 0 Å². The average molecular weight is 227 g/mol.